The molecule has 2 N–H and O–H groups in total. The summed E-state index contributed by atoms with van der Waals surface area (Å²) < 4.78 is 71.0. The van der Waals surface area contributed by atoms with Gasteiger partial charge in [0.1, 0.15) is 5.69 Å². The molecule has 3 rings (SSSR count). The normalized spacial score (nSPS) is 15.5. The minimum atomic E-state index is -5.08. The van der Waals surface area contributed by atoms with Crippen LogP contribution >= 0.6 is 0 Å². The van der Waals surface area contributed by atoms with Crippen LogP contribution in [0.5, 0.6) is 0 Å². The van der Waals surface area contributed by atoms with E-state index in [0.29, 0.717) is 13.2 Å². The van der Waals surface area contributed by atoms with Crippen LogP contribution in [0, 0.1) is 0 Å². The van der Waals surface area contributed by atoms with Crippen molar-refractivity contribution < 1.29 is 50.9 Å². The number of nitrogens with zero attached hydrogens (tertiary/aromatic N) is 5. The van der Waals surface area contributed by atoms with Gasteiger partial charge in [-0.3, -0.25) is 14.6 Å². The Morgan fingerprint density at radius 1 is 1.19 bits per heavy atom. The van der Waals surface area contributed by atoms with Crippen molar-refractivity contribution in [3.63, 3.8) is 0 Å². The molecule has 0 radical (unpaired) electrons. The average molecular weight is 527 g/mol. The van der Waals surface area contributed by atoms with E-state index in [4.69, 9.17) is 24.5 Å². The summed E-state index contributed by atoms with van der Waals surface area (Å²) in [6.07, 6.45) is -3.73. The number of carboxylic acids is 2. The molecule has 0 aliphatic carbocycles. The molecule has 2 aromatic heterocycles. The van der Waals surface area contributed by atoms with E-state index in [1.165, 1.54) is 11.3 Å². The van der Waals surface area contributed by atoms with Gasteiger partial charge in [0.25, 0.3) is 0 Å². The fourth-order valence-electron chi connectivity index (χ4n) is 2.88. The summed E-state index contributed by atoms with van der Waals surface area (Å²) in [4.78, 5) is 24.4. The van der Waals surface area contributed by atoms with Crippen molar-refractivity contribution in [2.24, 2.45) is 7.05 Å². The molecule has 2 aromatic rings. The van der Waals surface area contributed by atoms with Crippen LogP contribution < -0.4 is 0 Å². The Labute approximate surface area is 200 Å². The number of carbonyl (C=O) groups is 2. The largest absolute Gasteiger partial charge is 0.490 e. The summed E-state index contributed by atoms with van der Waals surface area (Å²) in [5.41, 5.74) is 3.43. The molecule has 0 bridgehead atoms. The van der Waals surface area contributed by atoms with Crippen LogP contribution in [-0.2, 0) is 34.3 Å². The first-order valence-corrected chi connectivity index (χ1v) is 9.98. The fourth-order valence-corrected chi connectivity index (χ4v) is 2.88. The minimum Gasteiger partial charge on any atom is -0.475 e. The average Bonchev–Trinajstić information content (AvgIpc) is 3.16. The third kappa shape index (κ3) is 9.99. The number of aromatic nitrogens is 4. The maximum Gasteiger partial charge on any atom is 0.490 e. The van der Waals surface area contributed by atoms with Gasteiger partial charge in [0.05, 0.1) is 24.9 Å². The lowest BCUT2D eigenvalue weighted by atomic mass is 10.0. The molecule has 1 unspecified atom stereocenters. The van der Waals surface area contributed by atoms with E-state index in [0.717, 1.165) is 25.2 Å². The van der Waals surface area contributed by atoms with E-state index >= 15 is 0 Å². The minimum absolute atomic E-state index is 0.123. The highest BCUT2D eigenvalue weighted by atomic mass is 19.4. The highest BCUT2D eigenvalue weighted by Gasteiger charge is 2.39. The van der Waals surface area contributed by atoms with Crippen LogP contribution in [0.2, 0.25) is 0 Å². The van der Waals surface area contributed by atoms with E-state index in [2.05, 4.69) is 32.8 Å². The molecule has 1 aliphatic rings. The molecule has 0 fully saturated rings. The molecule has 0 spiro atoms. The maximum atomic E-state index is 10.6. The van der Waals surface area contributed by atoms with Gasteiger partial charge in [-0.2, -0.15) is 26.3 Å². The zero-order valence-electron chi connectivity index (χ0n) is 18.8. The summed E-state index contributed by atoms with van der Waals surface area (Å²) in [6, 6.07) is 4.19. The van der Waals surface area contributed by atoms with Gasteiger partial charge in [-0.05, 0) is 11.6 Å². The topological polar surface area (TPSA) is 131 Å². The Hall–Kier alpha value is -3.53. The Morgan fingerprint density at radius 3 is 2.25 bits per heavy atom. The number of hydrogen-bond acceptors (Lipinski definition) is 7. The number of fused-ring (bicyclic) bond motifs is 1. The van der Waals surface area contributed by atoms with E-state index in [-0.39, 0.29) is 6.04 Å². The van der Waals surface area contributed by atoms with Crippen LogP contribution in [0.3, 0.4) is 0 Å². The summed E-state index contributed by atoms with van der Waals surface area (Å²) >= 11 is 0. The van der Waals surface area contributed by atoms with Gasteiger partial charge >= 0.3 is 24.3 Å². The highest BCUT2D eigenvalue weighted by Crippen LogP contribution is 2.29. The van der Waals surface area contributed by atoms with Crippen LogP contribution in [0.1, 0.15) is 23.0 Å². The standard InChI is InChI=1S/C16H21N5O.2C2HF3O2/c1-3-9-22-12-15-16-14(20(2)19-18-16)6-8-21(15)11-13-5-4-7-17-10-13;2*3-2(4,5)1(6)7/h3-5,7,10,15H,1,6,8-9,11-12H2,2H3;2*(H,6,7). The lowest BCUT2D eigenvalue weighted by molar-refractivity contribution is -0.193. The van der Waals surface area contributed by atoms with Gasteiger partial charge in [-0.1, -0.05) is 17.4 Å². The Bertz CT molecular complexity index is 973. The number of aliphatic carboxylic acids is 2. The number of rotatable bonds is 6. The number of ether oxygens (including phenoxy) is 1. The van der Waals surface area contributed by atoms with Crippen molar-refractivity contribution in [2.75, 3.05) is 19.8 Å². The molecule has 16 heteroatoms. The SMILES string of the molecule is C=CCOCC1c2nnn(C)c2CCN1Cc1cccnc1.O=C(O)C(F)(F)F.O=C(O)C(F)(F)F. The van der Waals surface area contributed by atoms with Crippen molar-refractivity contribution in [1.82, 2.24) is 24.9 Å². The Kier molecular flexibility index (Phi) is 11.5. The highest BCUT2D eigenvalue weighted by molar-refractivity contribution is 5.73. The molecule has 0 saturated heterocycles. The second-order valence-corrected chi connectivity index (χ2v) is 7.07. The van der Waals surface area contributed by atoms with Crippen LogP contribution in [0.15, 0.2) is 37.2 Å². The smallest absolute Gasteiger partial charge is 0.475 e. The molecule has 0 saturated carbocycles. The summed E-state index contributed by atoms with van der Waals surface area (Å²) in [5.74, 6) is -5.51. The first-order valence-electron chi connectivity index (χ1n) is 9.98. The molecule has 0 amide bonds. The number of pyridine rings is 1. The third-order valence-electron chi connectivity index (χ3n) is 4.47. The molecular formula is C20H23F6N5O5. The van der Waals surface area contributed by atoms with Crippen molar-refractivity contribution in [3.05, 3.63) is 54.1 Å². The van der Waals surface area contributed by atoms with Gasteiger partial charge in [0.2, 0.25) is 0 Å². The van der Waals surface area contributed by atoms with Crippen molar-refractivity contribution >= 4 is 11.9 Å². The molecule has 1 atom stereocenters. The van der Waals surface area contributed by atoms with E-state index in [1.807, 2.05) is 24.0 Å². The molecule has 36 heavy (non-hydrogen) atoms. The Balaban J connectivity index is 0.000000383. The molecular weight excluding hydrogens is 504 g/mol. The summed E-state index contributed by atoms with van der Waals surface area (Å²) in [7, 11) is 1.95. The quantitative estimate of drug-likeness (QED) is 0.331. The first kappa shape index (κ1) is 30.5. The van der Waals surface area contributed by atoms with E-state index in [9.17, 15) is 26.3 Å². The van der Waals surface area contributed by atoms with Crippen molar-refractivity contribution in [3.8, 4) is 0 Å². The van der Waals surface area contributed by atoms with Crippen molar-refractivity contribution in [2.45, 2.75) is 31.4 Å². The second kappa shape index (κ2) is 13.5. The van der Waals surface area contributed by atoms with E-state index < -0.39 is 24.3 Å². The zero-order chi connectivity index (χ0) is 27.5. The number of aryl methyl sites for hydroxylation is 1. The van der Waals surface area contributed by atoms with Gasteiger partial charge in [-0.25, -0.2) is 9.59 Å². The predicted molar refractivity (Wildman–Crippen MR) is 110 cm³/mol. The monoisotopic (exact) mass is 527 g/mol. The van der Waals surface area contributed by atoms with E-state index in [1.54, 1.807) is 12.3 Å². The molecule has 1 aliphatic heterocycles. The van der Waals surface area contributed by atoms with Gasteiger partial charge in [0, 0.05) is 39.0 Å². The van der Waals surface area contributed by atoms with Crippen LogP contribution in [0.25, 0.3) is 0 Å². The number of alkyl halides is 6. The molecule has 10 nitrogen and oxygen atoms in total. The molecule has 200 valence electrons. The van der Waals surface area contributed by atoms with Gasteiger partial charge < -0.3 is 14.9 Å². The number of halogens is 6. The van der Waals surface area contributed by atoms with Gasteiger partial charge in [0.15, 0.2) is 0 Å². The van der Waals surface area contributed by atoms with Gasteiger partial charge in [-0.15, -0.1) is 11.7 Å². The van der Waals surface area contributed by atoms with Crippen molar-refractivity contribution in [1.29, 1.82) is 0 Å². The Morgan fingerprint density at radius 2 is 1.78 bits per heavy atom. The summed E-state index contributed by atoms with van der Waals surface area (Å²) in [5, 5.41) is 22.8. The lowest BCUT2D eigenvalue weighted by Crippen LogP contribution is -2.38. The van der Waals surface area contributed by atoms with Crippen LogP contribution in [0.4, 0.5) is 26.3 Å². The second-order valence-electron chi connectivity index (χ2n) is 7.07. The predicted octanol–water partition coefficient (Wildman–Crippen LogP) is 2.78. The fraction of sp³-hybridized carbons (Fsp3) is 0.450. The summed E-state index contributed by atoms with van der Waals surface area (Å²) in [6.45, 7) is 6.65. The zero-order valence-corrected chi connectivity index (χ0v) is 18.8. The lowest BCUT2D eigenvalue weighted by Gasteiger charge is -2.34. The molecule has 3 heterocycles. The third-order valence-corrected chi connectivity index (χ3v) is 4.47. The maximum absolute atomic E-state index is 10.6. The first-order chi connectivity index (χ1) is 16.7. The van der Waals surface area contributed by atoms with Crippen LogP contribution in [-0.4, -0.2) is 79.1 Å². The molecule has 0 aromatic carbocycles. The number of hydrogen-bond donors (Lipinski definition) is 2. The number of carboxylic acid groups (broad SMARTS) is 2.